The minimum absolute atomic E-state index is 0.513. The fourth-order valence-corrected chi connectivity index (χ4v) is 3.91. The first-order valence-corrected chi connectivity index (χ1v) is 8.80. The van der Waals surface area contributed by atoms with Gasteiger partial charge in [0.2, 0.25) is 0 Å². The Morgan fingerprint density at radius 2 is 1.58 bits per heavy atom. The Hall–Kier alpha value is -0.210. The van der Waals surface area contributed by atoms with Crippen LogP contribution in [0, 0.1) is 0 Å². The van der Waals surface area contributed by atoms with E-state index < -0.39 is 10.2 Å². The van der Waals surface area contributed by atoms with Gasteiger partial charge in [-0.2, -0.15) is 12.7 Å². The van der Waals surface area contributed by atoms with Gasteiger partial charge in [-0.1, -0.05) is 12.8 Å². The largest absolute Gasteiger partial charge is 0.314 e. The molecule has 7 heteroatoms. The van der Waals surface area contributed by atoms with Crippen LogP contribution in [0.15, 0.2) is 0 Å². The van der Waals surface area contributed by atoms with Crippen molar-refractivity contribution in [1.29, 1.82) is 0 Å². The Morgan fingerprint density at radius 1 is 0.947 bits per heavy atom. The number of piperazine rings is 1. The Labute approximate surface area is 116 Å². The zero-order valence-corrected chi connectivity index (χ0v) is 12.4. The lowest BCUT2D eigenvalue weighted by atomic mass is 10.2. The molecule has 0 radical (unpaired) electrons. The zero-order valence-electron chi connectivity index (χ0n) is 11.6. The van der Waals surface area contributed by atoms with Gasteiger partial charge in [-0.3, -0.25) is 4.90 Å². The molecule has 0 aromatic rings. The average Bonchev–Trinajstić information content (AvgIpc) is 2.69. The SMILES string of the molecule is O=S(=O)(NCCN1CCNCC1)N1CCCCCC1. The standard InChI is InChI=1S/C12H26N4O2S/c17-19(18,16-8-3-1-2-4-9-16)14-7-12-15-10-5-13-6-11-15/h13-14H,1-12H2. The van der Waals surface area contributed by atoms with E-state index in [1.807, 2.05) is 0 Å². The van der Waals surface area contributed by atoms with Gasteiger partial charge in [0, 0.05) is 52.4 Å². The summed E-state index contributed by atoms with van der Waals surface area (Å²) in [6.45, 7) is 6.66. The quantitative estimate of drug-likeness (QED) is 0.723. The molecule has 0 aromatic heterocycles. The first-order chi connectivity index (χ1) is 9.18. The molecular weight excluding hydrogens is 264 g/mol. The number of rotatable bonds is 5. The smallest absolute Gasteiger partial charge is 0.279 e. The Kier molecular flexibility index (Phi) is 6.03. The van der Waals surface area contributed by atoms with Crippen LogP contribution in [0.2, 0.25) is 0 Å². The molecule has 2 aliphatic heterocycles. The zero-order chi connectivity index (χ0) is 13.6. The molecular formula is C12H26N4O2S. The average molecular weight is 290 g/mol. The monoisotopic (exact) mass is 290 g/mol. The normalized spacial score (nSPS) is 24.2. The van der Waals surface area contributed by atoms with Gasteiger partial charge in [-0.15, -0.1) is 0 Å². The molecule has 0 atom stereocenters. The van der Waals surface area contributed by atoms with E-state index in [2.05, 4.69) is 14.9 Å². The van der Waals surface area contributed by atoms with Gasteiger partial charge >= 0.3 is 0 Å². The van der Waals surface area contributed by atoms with E-state index in [9.17, 15) is 8.42 Å². The van der Waals surface area contributed by atoms with Crippen LogP contribution >= 0.6 is 0 Å². The third-order valence-corrected chi connectivity index (χ3v) is 5.44. The summed E-state index contributed by atoms with van der Waals surface area (Å²) in [4.78, 5) is 2.29. The molecule has 6 nitrogen and oxygen atoms in total. The van der Waals surface area contributed by atoms with Crippen molar-refractivity contribution in [2.24, 2.45) is 0 Å². The lowest BCUT2D eigenvalue weighted by Crippen LogP contribution is -2.48. The van der Waals surface area contributed by atoms with Crippen molar-refractivity contribution >= 4 is 10.2 Å². The minimum Gasteiger partial charge on any atom is -0.314 e. The maximum atomic E-state index is 12.2. The molecule has 0 spiro atoms. The first-order valence-electron chi connectivity index (χ1n) is 7.36. The predicted molar refractivity (Wildman–Crippen MR) is 76.3 cm³/mol. The molecule has 2 rings (SSSR count). The van der Waals surface area contributed by atoms with Crippen molar-refractivity contribution in [3.63, 3.8) is 0 Å². The molecule has 2 aliphatic rings. The van der Waals surface area contributed by atoms with Crippen molar-refractivity contribution in [2.45, 2.75) is 25.7 Å². The van der Waals surface area contributed by atoms with Crippen molar-refractivity contribution < 1.29 is 8.42 Å². The highest BCUT2D eigenvalue weighted by Crippen LogP contribution is 2.12. The van der Waals surface area contributed by atoms with E-state index in [0.29, 0.717) is 19.6 Å². The summed E-state index contributed by atoms with van der Waals surface area (Å²) in [5.74, 6) is 0. The summed E-state index contributed by atoms with van der Waals surface area (Å²) in [7, 11) is -3.27. The van der Waals surface area contributed by atoms with Crippen molar-refractivity contribution in [3.8, 4) is 0 Å². The lowest BCUT2D eigenvalue weighted by Gasteiger charge is -2.27. The molecule has 0 bridgehead atoms. The molecule has 0 unspecified atom stereocenters. The molecule has 0 aromatic carbocycles. The second-order valence-electron chi connectivity index (χ2n) is 5.30. The number of hydrogen-bond acceptors (Lipinski definition) is 4. The van der Waals surface area contributed by atoms with Gasteiger partial charge < -0.3 is 5.32 Å². The Balaban J connectivity index is 1.73. The first kappa shape index (κ1) is 15.2. The summed E-state index contributed by atoms with van der Waals surface area (Å²) in [5.41, 5.74) is 0. The third-order valence-electron chi connectivity index (χ3n) is 3.83. The predicted octanol–water partition coefficient (Wildman–Crippen LogP) is -0.398. The summed E-state index contributed by atoms with van der Waals surface area (Å²) >= 11 is 0. The van der Waals surface area contributed by atoms with Gasteiger partial charge in [-0.05, 0) is 12.8 Å². The topological polar surface area (TPSA) is 64.7 Å². The van der Waals surface area contributed by atoms with Crippen LogP contribution in [-0.4, -0.2) is 70.0 Å². The second-order valence-corrected chi connectivity index (χ2v) is 7.06. The summed E-state index contributed by atoms with van der Waals surface area (Å²) < 4.78 is 28.7. The molecule has 0 amide bonds. The van der Waals surface area contributed by atoms with E-state index in [1.165, 1.54) is 0 Å². The van der Waals surface area contributed by atoms with Crippen molar-refractivity contribution in [3.05, 3.63) is 0 Å². The highest BCUT2D eigenvalue weighted by Gasteiger charge is 2.22. The minimum atomic E-state index is -3.27. The number of hydrogen-bond donors (Lipinski definition) is 2. The van der Waals surface area contributed by atoms with Crippen LogP contribution < -0.4 is 10.0 Å². The maximum Gasteiger partial charge on any atom is 0.279 e. The van der Waals surface area contributed by atoms with E-state index in [4.69, 9.17) is 0 Å². The molecule has 2 N–H and O–H groups in total. The van der Waals surface area contributed by atoms with Crippen LogP contribution in [0.1, 0.15) is 25.7 Å². The van der Waals surface area contributed by atoms with Gasteiger partial charge in [0.15, 0.2) is 0 Å². The fourth-order valence-electron chi connectivity index (χ4n) is 2.64. The van der Waals surface area contributed by atoms with Gasteiger partial charge in [0.1, 0.15) is 0 Å². The Bertz CT molecular complexity index is 347. The summed E-state index contributed by atoms with van der Waals surface area (Å²) in [6, 6.07) is 0. The van der Waals surface area contributed by atoms with Crippen molar-refractivity contribution in [1.82, 2.24) is 19.2 Å². The number of nitrogens with zero attached hydrogens (tertiary/aromatic N) is 2. The molecule has 19 heavy (non-hydrogen) atoms. The molecule has 0 saturated carbocycles. The second kappa shape index (κ2) is 7.54. The molecule has 2 heterocycles. The maximum absolute atomic E-state index is 12.2. The number of nitrogens with one attached hydrogen (secondary N) is 2. The van der Waals surface area contributed by atoms with E-state index in [1.54, 1.807) is 4.31 Å². The van der Waals surface area contributed by atoms with E-state index in [0.717, 1.165) is 58.4 Å². The highest BCUT2D eigenvalue weighted by atomic mass is 32.2. The van der Waals surface area contributed by atoms with E-state index >= 15 is 0 Å². The lowest BCUT2D eigenvalue weighted by molar-refractivity contribution is 0.244. The third kappa shape index (κ3) is 5.00. The van der Waals surface area contributed by atoms with Crippen LogP contribution in [0.3, 0.4) is 0 Å². The van der Waals surface area contributed by atoms with Gasteiger partial charge in [-0.25, -0.2) is 4.72 Å². The van der Waals surface area contributed by atoms with Crippen LogP contribution in [0.5, 0.6) is 0 Å². The van der Waals surface area contributed by atoms with Crippen LogP contribution in [-0.2, 0) is 10.2 Å². The van der Waals surface area contributed by atoms with Crippen LogP contribution in [0.4, 0.5) is 0 Å². The highest BCUT2D eigenvalue weighted by molar-refractivity contribution is 7.87. The summed E-state index contributed by atoms with van der Waals surface area (Å²) in [6.07, 6.45) is 4.26. The van der Waals surface area contributed by atoms with Crippen molar-refractivity contribution in [2.75, 3.05) is 52.4 Å². The molecule has 112 valence electrons. The van der Waals surface area contributed by atoms with Crippen LogP contribution in [0.25, 0.3) is 0 Å². The van der Waals surface area contributed by atoms with Gasteiger partial charge in [0.05, 0.1) is 0 Å². The Morgan fingerprint density at radius 3 is 2.21 bits per heavy atom. The summed E-state index contributed by atoms with van der Waals surface area (Å²) in [5, 5.41) is 3.29. The van der Waals surface area contributed by atoms with E-state index in [-0.39, 0.29) is 0 Å². The molecule has 2 saturated heterocycles. The fraction of sp³-hybridized carbons (Fsp3) is 1.00. The molecule has 2 fully saturated rings. The molecule has 0 aliphatic carbocycles. The van der Waals surface area contributed by atoms with Gasteiger partial charge in [0.25, 0.3) is 10.2 Å².